The molecule has 2 N–H and O–H groups in total. The smallest absolute Gasteiger partial charge is 0.237 e. The number of halogens is 2. The second-order valence-electron chi connectivity index (χ2n) is 4.64. The van der Waals surface area contributed by atoms with E-state index in [4.69, 9.17) is 27.9 Å². The summed E-state index contributed by atoms with van der Waals surface area (Å²) in [7, 11) is 0. The molecule has 7 heteroatoms. The van der Waals surface area contributed by atoms with Crippen LogP contribution in [-0.4, -0.2) is 36.9 Å². The number of alkyl halides is 1. The van der Waals surface area contributed by atoms with Crippen LogP contribution in [0.25, 0.3) is 0 Å². The Bertz CT molecular complexity index is 495. The maximum atomic E-state index is 11.6. The molecule has 0 saturated carbocycles. The first-order chi connectivity index (χ1) is 10.5. The molecule has 0 heterocycles. The van der Waals surface area contributed by atoms with Gasteiger partial charge in [-0.1, -0.05) is 23.7 Å². The summed E-state index contributed by atoms with van der Waals surface area (Å²) in [4.78, 5) is 22.7. The van der Waals surface area contributed by atoms with Gasteiger partial charge in [0, 0.05) is 19.5 Å². The number of para-hydroxylation sites is 1. The Morgan fingerprint density at radius 1 is 1.23 bits per heavy atom. The number of rotatable bonds is 9. The van der Waals surface area contributed by atoms with Gasteiger partial charge in [-0.15, -0.1) is 11.6 Å². The first-order valence-corrected chi connectivity index (χ1v) is 7.88. The summed E-state index contributed by atoms with van der Waals surface area (Å²) < 4.78 is 5.49. The van der Waals surface area contributed by atoms with Gasteiger partial charge in [0.2, 0.25) is 11.8 Å². The summed E-state index contributed by atoms with van der Waals surface area (Å²) in [6.07, 6.45) is 0.937. The lowest BCUT2D eigenvalue weighted by atomic mass is 10.3. The summed E-state index contributed by atoms with van der Waals surface area (Å²) >= 11 is 11.5. The highest BCUT2D eigenvalue weighted by Gasteiger charge is 2.07. The molecule has 1 unspecified atom stereocenters. The quantitative estimate of drug-likeness (QED) is 0.532. The molecule has 0 radical (unpaired) electrons. The fourth-order valence-corrected chi connectivity index (χ4v) is 1.86. The summed E-state index contributed by atoms with van der Waals surface area (Å²) in [6, 6.07) is 7.19. The molecule has 22 heavy (non-hydrogen) atoms. The Balaban J connectivity index is 2.07. The van der Waals surface area contributed by atoms with Crippen LogP contribution in [0.2, 0.25) is 5.02 Å². The Morgan fingerprint density at radius 2 is 1.91 bits per heavy atom. The Hall–Kier alpha value is -1.46. The average molecular weight is 347 g/mol. The van der Waals surface area contributed by atoms with E-state index < -0.39 is 5.38 Å². The van der Waals surface area contributed by atoms with E-state index in [2.05, 4.69) is 10.6 Å². The van der Waals surface area contributed by atoms with Gasteiger partial charge < -0.3 is 15.4 Å². The second-order valence-corrected chi connectivity index (χ2v) is 5.70. The van der Waals surface area contributed by atoms with Gasteiger partial charge in [-0.2, -0.15) is 0 Å². The zero-order valence-corrected chi connectivity index (χ0v) is 13.9. The number of hydrogen-bond acceptors (Lipinski definition) is 3. The molecule has 0 aliphatic heterocycles. The lowest BCUT2D eigenvalue weighted by Crippen LogP contribution is -2.37. The third-order valence-electron chi connectivity index (χ3n) is 2.75. The molecule has 0 aromatic heterocycles. The fraction of sp³-hybridized carbons (Fsp3) is 0.467. The highest BCUT2D eigenvalue weighted by molar-refractivity contribution is 6.32. The molecule has 0 bridgehead atoms. The van der Waals surface area contributed by atoms with Crippen LogP contribution in [0.3, 0.4) is 0 Å². The van der Waals surface area contributed by atoms with Crippen LogP contribution in [0.15, 0.2) is 24.3 Å². The van der Waals surface area contributed by atoms with Crippen LogP contribution < -0.4 is 15.4 Å². The molecular weight excluding hydrogens is 327 g/mol. The summed E-state index contributed by atoms with van der Waals surface area (Å²) in [6.45, 7) is 2.74. The monoisotopic (exact) mass is 346 g/mol. The molecule has 0 saturated heterocycles. The highest BCUT2D eigenvalue weighted by Crippen LogP contribution is 2.23. The van der Waals surface area contributed by atoms with E-state index in [9.17, 15) is 9.59 Å². The average Bonchev–Trinajstić information content (AvgIpc) is 2.49. The molecule has 0 fully saturated rings. The number of ether oxygens (including phenoxy) is 1. The summed E-state index contributed by atoms with van der Waals surface area (Å²) in [5.41, 5.74) is 0. The molecule has 122 valence electrons. The van der Waals surface area contributed by atoms with Crippen LogP contribution in [0.1, 0.15) is 19.8 Å². The normalized spacial score (nSPS) is 11.6. The second kappa shape index (κ2) is 10.3. The van der Waals surface area contributed by atoms with Gasteiger partial charge in [0.05, 0.1) is 11.6 Å². The van der Waals surface area contributed by atoms with Gasteiger partial charge in [-0.05, 0) is 25.5 Å². The number of benzene rings is 1. The molecule has 0 spiro atoms. The molecule has 2 amide bonds. The lowest BCUT2D eigenvalue weighted by Gasteiger charge is -2.09. The third-order valence-corrected chi connectivity index (χ3v) is 3.26. The van der Waals surface area contributed by atoms with Crippen molar-refractivity contribution in [2.24, 2.45) is 0 Å². The number of amides is 2. The Morgan fingerprint density at radius 3 is 2.59 bits per heavy atom. The van der Waals surface area contributed by atoms with Gasteiger partial charge in [0.15, 0.2) is 0 Å². The zero-order valence-electron chi connectivity index (χ0n) is 12.4. The molecule has 1 aromatic carbocycles. The van der Waals surface area contributed by atoms with Crippen LogP contribution in [0, 0.1) is 0 Å². The molecular formula is C15H20Cl2N2O3. The predicted octanol–water partition coefficient (Wildman–Crippen LogP) is 2.36. The maximum Gasteiger partial charge on any atom is 0.237 e. The van der Waals surface area contributed by atoms with Gasteiger partial charge in [-0.25, -0.2) is 0 Å². The van der Waals surface area contributed by atoms with E-state index >= 15 is 0 Å². The third kappa shape index (κ3) is 7.52. The van der Waals surface area contributed by atoms with E-state index in [1.807, 2.05) is 12.1 Å². The SMILES string of the molecule is CC(Cl)C(=O)NCCNC(=O)CCCOc1ccccc1Cl. The lowest BCUT2D eigenvalue weighted by molar-refractivity contribution is -0.122. The largest absolute Gasteiger partial charge is 0.492 e. The molecule has 1 aromatic rings. The fourth-order valence-electron chi connectivity index (χ4n) is 1.59. The zero-order chi connectivity index (χ0) is 16.4. The van der Waals surface area contributed by atoms with E-state index in [0.29, 0.717) is 43.3 Å². The van der Waals surface area contributed by atoms with Crippen molar-refractivity contribution in [1.29, 1.82) is 0 Å². The number of carbonyl (C=O) groups is 2. The topological polar surface area (TPSA) is 67.4 Å². The van der Waals surface area contributed by atoms with Crippen molar-refractivity contribution in [1.82, 2.24) is 10.6 Å². The minimum absolute atomic E-state index is 0.0871. The molecule has 1 atom stereocenters. The predicted molar refractivity (Wildman–Crippen MR) is 87.5 cm³/mol. The minimum atomic E-state index is -0.572. The van der Waals surface area contributed by atoms with E-state index in [-0.39, 0.29) is 11.8 Å². The molecule has 0 aliphatic carbocycles. The Labute approximate surface area is 140 Å². The molecule has 5 nitrogen and oxygen atoms in total. The van der Waals surface area contributed by atoms with Crippen LogP contribution in [0.4, 0.5) is 0 Å². The highest BCUT2D eigenvalue weighted by atomic mass is 35.5. The van der Waals surface area contributed by atoms with Crippen LogP contribution in [-0.2, 0) is 9.59 Å². The van der Waals surface area contributed by atoms with Crippen molar-refractivity contribution < 1.29 is 14.3 Å². The summed E-state index contributed by atoms with van der Waals surface area (Å²) in [5.74, 6) is 0.280. The van der Waals surface area contributed by atoms with Crippen LogP contribution in [0.5, 0.6) is 5.75 Å². The van der Waals surface area contributed by atoms with Crippen molar-refractivity contribution >= 4 is 35.0 Å². The number of hydrogen-bond donors (Lipinski definition) is 2. The molecule has 1 rings (SSSR count). The van der Waals surface area contributed by atoms with Crippen molar-refractivity contribution in [2.75, 3.05) is 19.7 Å². The minimum Gasteiger partial charge on any atom is -0.492 e. The van der Waals surface area contributed by atoms with Gasteiger partial charge in [0.25, 0.3) is 0 Å². The maximum absolute atomic E-state index is 11.6. The standard InChI is InChI=1S/C15H20Cl2N2O3/c1-11(16)15(21)19-9-8-18-14(20)7-4-10-22-13-6-3-2-5-12(13)17/h2-3,5-6,11H,4,7-10H2,1H3,(H,18,20)(H,19,21). The van der Waals surface area contributed by atoms with Gasteiger partial charge in [-0.3, -0.25) is 9.59 Å². The first-order valence-electron chi connectivity index (χ1n) is 7.06. The Kier molecular flexibility index (Phi) is 8.70. The number of nitrogens with one attached hydrogen (secondary N) is 2. The summed E-state index contributed by atoms with van der Waals surface area (Å²) in [5, 5.41) is 5.30. The van der Waals surface area contributed by atoms with Gasteiger partial charge in [0.1, 0.15) is 11.1 Å². The molecule has 0 aliphatic rings. The van der Waals surface area contributed by atoms with E-state index in [0.717, 1.165) is 0 Å². The van der Waals surface area contributed by atoms with E-state index in [1.165, 1.54) is 0 Å². The first kappa shape index (κ1) is 18.6. The van der Waals surface area contributed by atoms with Crippen molar-refractivity contribution in [2.45, 2.75) is 25.1 Å². The van der Waals surface area contributed by atoms with Crippen molar-refractivity contribution in [3.05, 3.63) is 29.3 Å². The van der Waals surface area contributed by atoms with Crippen molar-refractivity contribution in [3.8, 4) is 5.75 Å². The van der Waals surface area contributed by atoms with Crippen LogP contribution >= 0.6 is 23.2 Å². The van der Waals surface area contributed by atoms with Crippen molar-refractivity contribution in [3.63, 3.8) is 0 Å². The van der Waals surface area contributed by atoms with Gasteiger partial charge >= 0.3 is 0 Å². The van der Waals surface area contributed by atoms with E-state index in [1.54, 1.807) is 19.1 Å². The number of carbonyl (C=O) groups excluding carboxylic acids is 2.